The van der Waals surface area contributed by atoms with Gasteiger partial charge < -0.3 is 23.7 Å². The SMILES string of the molecule is CCCCC1=C2/O[C@](c3ccccc3)(/C(C(=O)OC)=C(/C(=O)OC)[C@H]3CCCO\C3=C\1OC)c1ccccc12. The van der Waals surface area contributed by atoms with Crippen molar-refractivity contribution < 1.29 is 33.3 Å². The van der Waals surface area contributed by atoms with Crippen LogP contribution in [0, 0.1) is 5.92 Å². The van der Waals surface area contributed by atoms with Gasteiger partial charge in [-0.05, 0) is 25.7 Å². The van der Waals surface area contributed by atoms with E-state index in [-0.39, 0.29) is 11.1 Å². The molecule has 2 aromatic carbocycles. The summed E-state index contributed by atoms with van der Waals surface area (Å²) in [6.07, 6.45) is 3.76. The van der Waals surface area contributed by atoms with Crippen LogP contribution in [-0.4, -0.2) is 39.9 Å². The van der Waals surface area contributed by atoms with Crippen molar-refractivity contribution in [3.05, 3.63) is 99.5 Å². The first-order chi connectivity index (χ1) is 19.0. The first kappa shape index (κ1) is 26.6. The highest BCUT2D eigenvalue weighted by Gasteiger charge is 2.56. The average Bonchev–Trinajstić information content (AvgIpc) is 3.34. The van der Waals surface area contributed by atoms with E-state index in [4.69, 9.17) is 23.7 Å². The molecule has 0 radical (unpaired) electrons. The van der Waals surface area contributed by atoms with Crippen LogP contribution in [0.4, 0.5) is 0 Å². The van der Waals surface area contributed by atoms with Gasteiger partial charge in [-0.2, -0.15) is 0 Å². The summed E-state index contributed by atoms with van der Waals surface area (Å²) < 4.78 is 30.2. The molecule has 7 nitrogen and oxygen atoms in total. The molecule has 3 heterocycles. The number of fused-ring (bicyclic) bond motifs is 6. The molecule has 2 aromatic rings. The van der Waals surface area contributed by atoms with Crippen LogP contribution in [-0.2, 0) is 38.9 Å². The van der Waals surface area contributed by atoms with E-state index in [0.717, 1.165) is 29.5 Å². The Balaban J connectivity index is 2.03. The van der Waals surface area contributed by atoms with Gasteiger partial charge in [-0.1, -0.05) is 67.9 Å². The summed E-state index contributed by atoms with van der Waals surface area (Å²) in [7, 11) is 4.24. The van der Waals surface area contributed by atoms with Gasteiger partial charge in [0.2, 0.25) is 0 Å². The third-order valence-corrected chi connectivity index (χ3v) is 7.72. The summed E-state index contributed by atoms with van der Waals surface area (Å²) in [5, 5.41) is 0. The molecule has 0 N–H and O–H groups in total. The maximum atomic E-state index is 14.0. The Hall–Kier alpha value is -4.00. The Kier molecular flexibility index (Phi) is 7.51. The van der Waals surface area contributed by atoms with E-state index in [9.17, 15) is 9.59 Å². The zero-order valence-corrected chi connectivity index (χ0v) is 22.9. The number of rotatable bonds is 7. The topological polar surface area (TPSA) is 80.3 Å². The van der Waals surface area contributed by atoms with Crippen LogP contribution in [0.25, 0.3) is 5.76 Å². The lowest BCUT2D eigenvalue weighted by atomic mass is 9.73. The number of allylic oxidation sites excluding steroid dienone is 2. The summed E-state index contributed by atoms with van der Waals surface area (Å²) >= 11 is 0. The van der Waals surface area contributed by atoms with Gasteiger partial charge in [0.05, 0.1) is 39.4 Å². The van der Waals surface area contributed by atoms with E-state index in [0.29, 0.717) is 48.7 Å². The fourth-order valence-electron chi connectivity index (χ4n) is 6.02. The third kappa shape index (κ3) is 4.20. The monoisotopic (exact) mass is 530 g/mol. The first-order valence-electron chi connectivity index (χ1n) is 13.4. The summed E-state index contributed by atoms with van der Waals surface area (Å²) in [4.78, 5) is 27.7. The minimum absolute atomic E-state index is 0.0886. The lowest BCUT2D eigenvalue weighted by Crippen LogP contribution is -2.38. The predicted molar refractivity (Wildman–Crippen MR) is 145 cm³/mol. The quantitative estimate of drug-likeness (QED) is 0.419. The number of esters is 2. The average molecular weight is 531 g/mol. The fraction of sp³-hybridized carbons (Fsp3) is 0.375. The maximum absolute atomic E-state index is 14.0. The number of hydrogen-bond donors (Lipinski definition) is 0. The Morgan fingerprint density at radius 2 is 1.69 bits per heavy atom. The number of ether oxygens (including phenoxy) is 5. The van der Waals surface area contributed by atoms with Gasteiger partial charge in [-0.15, -0.1) is 0 Å². The second kappa shape index (κ2) is 11.0. The molecule has 0 aliphatic carbocycles. The van der Waals surface area contributed by atoms with Gasteiger partial charge in [0.25, 0.3) is 0 Å². The van der Waals surface area contributed by atoms with Crippen LogP contribution in [0.2, 0.25) is 0 Å². The number of unbranched alkanes of at least 4 members (excludes halogenated alkanes) is 1. The molecule has 2 bridgehead atoms. The van der Waals surface area contributed by atoms with Crippen molar-refractivity contribution in [1.29, 1.82) is 0 Å². The summed E-state index contributed by atoms with van der Waals surface area (Å²) in [6, 6.07) is 17.3. The molecular formula is C32H34O7. The number of carbonyl (C=O) groups is 2. The zero-order valence-electron chi connectivity index (χ0n) is 22.9. The second-order valence-electron chi connectivity index (χ2n) is 9.82. The molecule has 0 spiro atoms. The first-order valence-corrected chi connectivity index (χ1v) is 13.4. The molecule has 0 aromatic heterocycles. The zero-order chi connectivity index (χ0) is 27.6. The molecule has 1 saturated heterocycles. The summed E-state index contributed by atoms with van der Waals surface area (Å²) in [5.41, 5.74) is 1.90. The van der Waals surface area contributed by atoms with E-state index in [1.807, 2.05) is 54.6 Å². The molecule has 2 atom stereocenters. The molecule has 5 rings (SSSR count). The fourth-order valence-corrected chi connectivity index (χ4v) is 6.02. The highest BCUT2D eigenvalue weighted by molar-refractivity contribution is 6.04. The molecule has 3 aliphatic rings. The number of carbonyl (C=O) groups excluding carboxylic acids is 2. The van der Waals surface area contributed by atoms with E-state index < -0.39 is 23.5 Å². The largest absolute Gasteiger partial charge is 0.493 e. The van der Waals surface area contributed by atoms with Gasteiger partial charge in [0.15, 0.2) is 11.4 Å². The van der Waals surface area contributed by atoms with E-state index >= 15 is 0 Å². The third-order valence-electron chi connectivity index (χ3n) is 7.72. The highest BCUT2D eigenvalue weighted by Crippen LogP contribution is 2.57. The van der Waals surface area contributed by atoms with Crippen molar-refractivity contribution in [3.8, 4) is 0 Å². The minimum atomic E-state index is -1.47. The second-order valence-corrected chi connectivity index (χ2v) is 9.82. The summed E-state index contributed by atoms with van der Waals surface area (Å²) in [6.45, 7) is 2.60. The van der Waals surface area contributed by atoms with Crippen LogP contribution in [0.3, 0.4) is 0 Å². The molecule has 0 amide bonds. The van der Waals surface area contributed by atoms with Gasteiger partial charge in [-0.25, -0.2) is 9.59 Å². The molecule has 204 valence electrons. The lowest BCUT2D eigenvalue weighted by Gasteiger charge is -2.35. The van der Waals surface area contributed by atoms with E-state index in [2.05, 4.69) is 6.92 Å². The van der Waals surface area contributed by atoms with Gasteiger partial charge in [0, 0.05) is 22.3 Å². The maximum Gasteiger partial charge on any atom is 0.339 e. The minimum Gasteiger partial charge on any atom is -0.493 e. The smallest absolute Gasteiger partial charge is 0.339 e. The van der Waals surface area contributed by atoms with Crippen LogP contribution in [0.15, 0.2) is 82.8 Å². The van der Waals surface area contributed by atoms with Gasteiger partial charge >= 0.3 is 11.9 Å². The standard InChI is InChI=1S/C32H34O7/c1-5-6-15-23-27-21-16-10-11-18-24(21)32(39-27,20-13-8-7-9-14-20)26(31(34)37-4)25(30(33)36-3)22-17-12-19-38-29(22)28(23)35-2/h7-11,13-14,16,18,22H,5-6,12,15,17,19H2,1-4H3/b26-25+,27-23-,29-28-/t22-,32+/m1/s1. The van der Waals surface area contributed by atoms with Crippen LogP contribution >= 0.6 is 0 Å². The summed E-state index contributed by atoms with van der Waals surface area (Å²) in [5.74, 6) is -0.247. The number of benzene rings is 2. The van der Waals surface area contributed by atoms with Crippen molar-refractivity contribution in [2.24, 2.45) is 5.92 Å². The van der Waals surface area contributed by atoms with Gasteiger partial charge in [-0.3, -0.25) is 0 Å². The Labute approximate surface area is 229 Å². The molecule has 0 unspecified atom stereocenters. The molecule has 0 saturated carbocycles. The Bertz CT molecular complexity index is 1370. The molecule has 3 aliphatic heterocycles. The van der Waals surface area contributed by atoms with Crippen LogP contribution in [0.5, 0.6) is 0 Å². The predicted octanol–water partition coefficient (Wildman–Crippen LogP) is 5.80. The van der Waals surface area contributed by atoms with E-state index in [1.165, 1.54) is 14.2 Å². The Morgan fingerprint density at radius 3 is 2.38 bits per heavy atom. The number of hydrogen-bond acceptors (Lipinski definition) is 7. The van der Waals surface area contributed by atoms with Crippen molar-refractivity contribution >= 4 is 17.7 Å². The van der Waals surface area contributed by atoms with Crippen molar-refractivity contribution in [1.82, 2.24) is 0 Å². The van der Waals surface area contributed by atoms with Crippen LogP contribution in [0.1, 0.15) is 55.7 Å². The lowest BCUT2D eigenvalue weighted by molar-refractivity contribution is -0.141. The van der Waals surface area contributed by atoms with Crippen molar-refractivity contribution in [3.63, 3.8) is 0 Å². The molecule has 7 heteroatoms. The molecule has 1 fully saturated rings. The normalized spacial score (nSPS) is 27.5. The van der Waals surface area contributed by atoms with E-state index in [1.54, 1.807) is 7.11 Å². The van der Waals surface area contributed by atoms with Crippen molar-refractivity contribution in [2.45, 2.75) is 44.6 Å². The van der Waals surface area contributed by atoms with Crippen molar-refractivity contribution in [2.75, 3.05) is 27.9 Å². The Morgan fingerprint density at radius 1 is 0.974 bits per heavy atom. The molecule has 39 heavy (non-hydrogen) atoms. The van der Waals surface area contributed by atoms with Gasteiger partial charge in [0.1, 0.15) is 17.1 Å². The highest BCUT2D eigenvalue weighted by atomic mass is 16.5. The molecular weight excluding hydrogens is 496 g/mol. The number of methoxy groups -OCH3 is 3. The van der Waals surface area contributed by atoms with Crippen LogP contribution < -0.4 is 0 Å².